The summed E-state index contributed by atoms with van der Waals surface area (Å²) in [5.74, 6) is 1.72. The highest BCUT2D eigenvalue weighted by molar-refractivity contribution is 7.94. The van der Waals surface area contributed by atoms with Gasteiger partial charge in [0.1, 0.15) is 4.21 Å². The normalized spacial score (nSPS) is 24.7. The molecule has 0 aliphatic carbocycles. The number of fused-ring (bicyclic) bond motifs is 1. The lowest BCUT2D eigenvalue weighted by Gasteiger charge is -2.32. The fraction of sp³-hybridized carbons (Fsp3) is 0.522. The number of hydrazone groups is 1. The molecule has 2 atom stereocenters. The van der Waals surface area contributed by atoms with E-state index in [1.54, 1.807) is 13.8 Å². The van der Waals surface area contributed by atoms with E-state index < -0.39 is 15.1 Å². The number of hydrogen-bond acceptors (Lipinski definition) is 10. The van der Waals surface area contributed by atoms with Crippen LogP contribution in [0.1, 0.15) is 25.8 Å². The fourth-order valence-corrected chi connectivity index (χ4v) is 7.62. The third-order valence-electron chi connectivity index (χ3n) is 6.51. The van der Waals surface area contributed by atoms with Gasteiger partial charge in [-0.05, 0) is 50.9 Å². The maximum Gasteiger partial charge on any atom is 0.190 e. The average Bonchev–Trinajstić information content (AvgIpc) is 3.52. The van der Waals surface area contributed by atoms with E-state index in [0.29, 0.717) is 16.6 Å². The molecule has 4 aliphatic heterocycles. The van der Waals surface area contributed by atoms with Crippen LogP contribution in [0, 0.1) is 12.8 Å². The molecule has 5 rings (SSSR count). The van der Waals surface area contributed by atoms with E-state index in [1.807, 2.05) is 31.3 Å². The van der Waals surface area contributed by atoms with Crippen LogP contribution in [-0.4, -0.2) is 80.7 Å². The second-order valence-electron chi connectivity index (χ2n) is 9.38. The minimum atomic E-state index is -3.35. The van der Waals surface area contributed by atoms with Gasteiger partial charge in [-0.2, -0.15) is 5.10 Å². The zero-order valence-corrected chi connectivity index (χ0v) is 21.6. The smallest absolute Gasteiger partial charge is 0.190 e. The van der Waals surface area contributed by atoms with Gasteiger partial charge in [-0.25, -0.2) is 13.4 Å². The van der Waals surface area contributed by atoms with Gasteiger partial charge < -0.3 is 15.5 Å². The van der Waals surface area contributed by atoms with Crippen molar-refractivity contribution in [2.24, 2.45) is 21.0 Å². The van der Waals surface area contributed by atoms with Crippen molar-refractivity contribution >= 4 is 44.1 Å². The van der Waals surface area contributed by atoms with Crippen molar-refractivity contribution in [1.82, 2.24) is 15.2 Å². The minimum absolute atomic E-state index is 0.171. The molecule has 0 saturated carbocycles. The summed E-state index contributed by atoms with van der Waals surface area (Å²) in [6.07, 6.45) is 7.34. The van der Waals surface area contributed by atoms with E-state index in [0.717, 1.165) is 53.7 Å². The Bertz CT molecular complexity index is 1240. The molecule has 0 aromatic carbocycles. The first-order valence-corrected chi connectivity index (χ1v) is 14.0. The summed E-state index contributed by atoms with van der Waals surface area (Å²) in [5, 5.41) is 13.5. The van der Waals surface area contributed by atoms with E-state index in [4.69, 9.17) is 9.98 Å². The van der Waals surface area contributed by atoms with E-state index in [2.05, 4.69) is 32.9 Å². The number of anilines is 1. The second-order valence-corrected chi connectivity index (χ2v) is 13.1. The van der Waals surface area contributed by atoms with Gasteiger partial charge in [0.05, 0.1) is 28.5 Å². The van der Waals surface area contributed by atoms with E-state index in [1.165, 1.54) is 11.3 Å². The molecule has 0 bridgehead atoms. The van der Waals surface area contributed by atoms with Gasteiger partial charge in [0, 0.05) is 38.5 Å². The number of thiophene rings is 1. The van der Waals surface area contributed by atoms with Gasteiger partial charge in [0.25, 0.3) is 0 Å². The first-order chi connectivity index (χ1) is 16.2. The molecule has 0 saturated heterocycles. The topological polar surface area (TPSA) is 102 Å². The van der Waals surface area contributed by atoms with Crippen LogP contribution in [0.2, 0.25) is 0 Å². The molecule has 2 unspecified atom stereocenters. The summed E-state index contributed by atoms with van der Waals surface area (Å²) < 4.78 is 26.0. The largest absolute Gasteiger partial charge is 0.329 e. The minimum Gasteiger partial charge on any atom is -0.329 e. The predicted molar refractivity (Wildman–Crippen MR) is 139 cm³/mol. The Hall–Kier alpha value is -2.50. The maximum atomic E-state index is 12.8. The van der Waals surface area contributed by atoms with Gasteiger partial charge >= 0.3 is 0 Å². The molecule has 0 amide bonds. The van der Waals surface area contributed by atoms with E-state index in [-0.39, 0.29) is 12.0 Å². The standard InChI is InChI=1S/C23H31N7O2S2/c1-14(2)34(31,32)23-15(3)8-20(33-23)28-21-22-25-11-19(17-10-26-29(4)12-17)30(22)13-18(27-21)16-6-5-7-24-9-16/h6,8,10,13-14,17,19,24H,5,7,9,11-12H2,1-4H3,(H,27,28). The highest BCUT2D eigenvalue weighted by Crippen LogP contribution is 2.34. The molecule has 182 valence electrons. The van der Waals surface area contributed by atoms with Gasteiger partial charge in [-0.15, -0.1) is 11.3 Å². The lowest BCUT2D eigenvalue weighted by Crippen LogP contribution is -2.45. The van der Waals surface area contributed by atoms with Crippen LogP contribution in [0.5, 0.6) is 0 Å². The first-order valence-electron chi connectivity index (χ1n) is 11.6. The Morgan fingerprint density at radius 1 is 1.32 bits per heavy atom. The molecule has 2 N–H and O–H groups in total. The van der Waals surface area contributed by atoms with Crippen LogP contribution in [0.4, 0.5) is 5.00 Å². The van der Waals surface area contributed by atoms with Crippen LogP contribution >= 0.6 is 11.3 Å². The van der Waals surface area contributed by atoms with Crippen LogP contribution in [0.25, 0.3) is 0 Å². The molecular formula is C23H31N7O2S2. The highest BCUT2D eigenvalue weighted by atomic mass is 32.2. The summed E-state index contributed by atoms with van der Waals surface area (Å²) in [6, 6.07) is 2.06. The van der Waals surface area contributed by atoms with Crippen LogP contribution in [0.15, 0.2) is 48.9 Å². The highest BCUT2D eigenvalue weighted by Gasteiger charge is 2.39. The number of aliphatic imine (C=N–C) groups is 2. The van der Waals surface area contributed by atoms with Gasteiger partial charge in [-0.3, -0.25) is 10.0 Å². The van der Waals surface area contributed by atoms with Crippen molar-refractivity contribution in [3.8, 4) is 0 Å². The van der Waals surface area contributed by atoms with Gasteiger partial charge in [-0.1, -0.05) is 6.08 Å². The van der Waals surface area contributed by atoms with Crippen molar-refractivity contribution < 1.29 is 8.42 Å². The quantitative estimate of drug-likeness (QED) is 0.643. The molecule has 0 spiro atoms. The number of nitrogens with one attached hydrogen (secondary N) is 2. The summed E-state index contributed by atoms with van der Waals surface area (Å²) >= 11 is 1.26. The Balaban J connectivity index is 1.48. The Kier molecular flexibility index (Phi) is 6.11. The molecule has 11 heteroatoms. The molecule has 0 fully saturated rings. The lowest BCUT2D eigenvalue weighted by molar-refractivity contribution is 0.298. The number of aryl methyl sites for hydroxylation is 1. The molecule has 1 aromatic rings. The summed E-state index contributed by atoms with van der Waals surface area (Å²) in [4.78, 5) is 12.0. The molecule has 5 heterocycles. The Labute approximate surface area is 205 Å². The van der Waals surface area contributed by atoms with Crippen LogP contribution in [0.3, 0.4) is 0 Å². The Morgan fingerprint density at radius 2 is 2.15 bits per heavy atom. The van der Waals surface area contributed by atoms with Crippen molar-refractivity contribution in [2.45, 2.75) is 42.7 Å². The monoisotopic (exact) mass is 501 g/mol. The summed E-state index contributed by atoms with van der Waals surface area (Å²) in [7, 11) is -1.36. The number of hydrogen-bond donors (Lipinski definition) is 2. The molecule has 4 aliphatic rings. The van der Waals surface area contributed by atoms with E-state index in [9.17, 15) is 8.42 Å². The lowest BCUT2D eigenvalue weighted by atomic mass is 10.00. The average molecular weight is 502 g/mol. The zero-order chi connectivity index (χ0) is 24.0. The molecule has 1 aromatic heterocycles. The molecule has 34 heavy (non-hydrogen) atoms. The van der Waals surface area contributed by atoms with Crippen molar-refractivity contribution in [3.63, 3.8) is 0 Å². The maximum absolute atomic E-state index is 12.8. The van der Waals surface area contributed by atoms with Crippen LogP contribution < -0.4 is 10.6 Å². The number of amidine groups is 2. The van der Waals surface area contributed by atoms with Gasteiger partial charge in [0.15, 0.2) is 21.5 Å². The fourth-order valence-electron chi connectivity index (χ4n) is 4.57. The van der Waals surface area contributed by atoms with Crippen molar-refractivity contribution in [2.75, 3.05) is 38.5 Å². The zero-order valence-electron chi connectivity index (χ0n) is 19.9. The van der Waals surface area contributed by atoms with Gasteiger partial charge in [0.2, 0.25) is 0 Å². The van der Waals surface area contributed by atoms with E-state index >= 15 is 0 Å². The second kappa shape index (κ2) is 8.94. The molecular weight excluding hydrogens is 470 g/mol. The predicted octanol–water partition coefficient (Wildman–Crippen LogP) is 2.45. The third-order valence-corrected chi connectivity index (χ3v) is 10.5. The first kappa shape index (κ1) is 23.3. The number of sulfone groups is 1. The van der Waals surface area contributed by atoms with Crippen molar-refractivity contribution in [1.29, 1.82) is 0 Å². The molecule has 0 radical (unpaired) electrons. The van der Waals surface area contributed by atoms with Crippen molar-refractivity contribution in [3.05, 3.63) is 35.2 Å². The summed E-state index contributed by atoms with van der Waals surface area (Å²) in [6.45, 7) is 8.54. The molecule has 9 nitrogen and oxygen atoms in total. The third kappa shape index (κ3) is 4.20. The SMILES string of the molecule is Cc1cc(NC2=NC(C3=CCCNC3)=CN3C2=NCC3C2C=NN(C)C2)sc1S(=O)(=O)C(C)C. The number of rotatable bonds is 5. The van der Waals surface area contributed by atoms with Crippen LogP contribution in [-0.2, 0) is 9.84 Å². The number of nitrogens with zero attached hydrogens (tertiary/aromatic N) is 5. The summed E-state index contributed by atoms with van der Waals surface area (Å²) in [5.41, 5.74) is 2.82. The Morgan fingerprint density at radius 3 is 2.82 bits per heavy atom.